The number of rotatable bonds is 5. The number of halogens is 1. The van der Waals surface area contributed by atoms with E-state index in [0.29, 0.717) is 29.0 Å². The molecule has 2 rings (SSSR count). The lowest BCUT2D eigenvalue weighted by atomic mass is 10.1. The summed E-state index contributed by atoms with van der Waals surface area (Å²) in [6.45, 7) is 6.78. The summed E-state index contributed by atoms with van der Waals surface area (Å²) in [5, 5.41) is 3.24. The summed E-state index contributed by atoms with van der Waals surface area (Å²) in [7, 11) is -3.38. The monoisotopic (exact) mass is 360 g/mol. The largest absolute Gasteiger partial charge is 0.313 e. The lowest BCUT2D eigenvalue weighted by molar-refractivity contribution is 0.477. The summed E-state index contributed by atoms with van der Waals surface area (Å²) in [4.78, 5) is 0.396. The highest BCUT2D eigenvalue weighted by Gasteiger charge is 2.29. The standard InChI is InChI=1S/C14H21BrN2O2S/c1-3-16-10-12-8-11(2)14(15)13(9-12)20(18,19)17-6-4-5-7-17/h8-9,16H,3-7,10H2,1-2H3. The van der Waals surface area contributed by atoms with Crippen LogP contribution in [0.25, 0.3) is 0 Å². The van der Waals surface area contributed by atoms with Crippen molar-refractivity contribution in [1.29, 1.82) is 0 Å². The number of aryl methyl sites for hydroxylation is 1. The first-order chi connectivity index (χ1) is 9.46. The van der Waals surface area contributed by atoms with Gasteiger partial charge in [0.25, 0.3) is 0 Å². The summed E-state index contributed by atoms with van der Waals surface area (Å²) >= 11 is 3.44. The Bertz CT molecular complexity index is 581. The molecule has 0 radical (unpaired) electrons. The van der Waals surface area contributed by atoms with E-state index < -0.39 is 10.0 Å². The molecule has 0 aliphatic carbocycles. The van der Waals surface area contributed by atoms with Gasteiger partial charge in [0, 0.05) is 24.1 Å². The number of nitrogens with zero attached hydrogens (tertiary/aromatic N) is 1. The van der Waals surface area contributed by atoms with Crippen LogP contribution in [0.5, 0.6) is 0 Å². The number of benzene rings is 1. The normalized spacial score (nSPS) is 16.8. The molecule has 1 saturated heterocycles. The van der Waals surface area contributed by atoms with E-state index in [1.165, 1.54) is 0 Å². The van der Waals surface area contributed by atoms with Crippen LogP contribution in [-0.2, 0) is 16.6 Å². The van der Waals surface area contributed by atoms with Crippen LogP contribution in [0.15, 0.2) is 21.5 Å². The van der Waals surface area contributed by atoms with Gasteiger partial charge in [0.1, 0.15) is 0 Å². The third-order valence-electron chi connectivity index (χ3n) is 3.54. The van der Waals surface area contributed by atoms with Crippen molar-refractivity contribution in [2.75, 3.05) is 19.6 Å². The predicted octanol–water partition coefficient (Wildman–Crippen LogP) is 2.65. The van der Waals surface area contributed by atoms with Crippen LogP contribution >= 0.6 is 15.9 Å². The Kier molecular flexibility index (Phi) is 5.23. The molecule has 6 heteroatoms. The summed E-state index contributed by atoms with van der Waals surface area (Å²) < 4.78 is 27.7. The zero-order chi connectivity index (χ0) is 14.8. The highest BCUT2D eigenvalue weighted by Crippen LogP contribution is 2.31. The van der Waals surface area contributed by atoms with Gasteiger partial charge in [-0.05, 0) is 59.4 Å². The first kappa shape index (κ1) is 15.9. The van der Waals surface area contributed by atoms with E-state index in [4.69, 9.17) is 0 Å². The third-order valence-corrected chi connectivity index (χ3v) is 6.78. The second-order valence-corrected chi connectivity index (χ2v) is 7.82. The Morgan fingerprint density at radius 3 is 2.55 bits per heavy atom. The van der Waals surface area contributed by atoms with Crippen molar-refractivity contribution in [2.24, 2.45) is 0 Å². The van der Waals surface area contributed by atoms with Crippen molar-refractivity contribution in [1.82, 2.24) is 9.62 Å². The highest BCUT2D eigenvalue weighted by molar-refractivity contribution is 9.10. The van der Waals surface area contributed by atoms with Crippen LogP contribution in [0.3, 0.4) is 0 Å². The Labute approximate surface area is 129 Å². The quantitative estimate of drug-likeness (QED) is 0.877. The van der Waals surface area contributed by atoms with E-state index in [1.807, 2.05) is 19.9 Å². The van der Waals surface area contributed by atoms with Gasteiger partial charge in [0.05, 0.1) is 4.90 Å². The fourth-order valence-corrected chi connectivity index (χ4v) is 4.98. The highest BCUT2D eigenvalue weighted by atomic mass is 79.9. The van der Waals surface area contributed by atoms with Crippen LogP contribution < -0.4 is 5.32 Å². The third kappa shape index (κ3) is 3.24. The number of hydrogen-bond acceptors (Lipinski definition) is 3. The van der Waals surface area contributed by atoms with Gasteiger partial charge in [0.15, 0.2) is 0 Å². The van der Waals surface area contributed by atoms with Gasteiger partial charge in [-0.25, -0.2) is 8.42 Å². The second-order valence-electron chi connectivity index (χ2n) is 5.12. The molecule has 112 valence electrons. The summed E-state index contributed by atoms with van der Waals surface area (Å²) in [6, 6.07) is 3.81. The molecule has 0 saturated carbocycles. The molecule has 1 heterocycles. The van der Waals surface area contributed by atoms with Crippen LogP contribution in [0.4, 0.5) is 0 Å². The average molecular weight is 361 g/mol. The van der Waals surface area contributed by atoms with Crippen LogP contribution in [0.1, 0.15) is 30.9 Å². The van der Waals surface area contributed by atoms with Gasteiger partial charge in [-0.3, -0.25) is 0 Å². The number of nitrogens with one attached hydrogen (secondary N) is 1. The topological polar surface area (TPSA) is 49.4 Å². The summed E-state index contributed by atoms with van der Waals surface area (Å²) in [5.41, 5.74) is 1.96. The maximum Gasteiger partial charge on any atom is 0.244 e. The first-order valence-corrected chi connectivity index (χ1v) is 9.20. The van der Waals surface area contributed by atoms with E-state index in [9.17, 15) is 8.42 Å². The molecule has 1 aliphatic rings. The van der Waals surface area contributed by atoms with Crippen molar-refractivity contribution in [2.45, 2.75) is 38.1 Å². The minimum atomic E-state index is -3.38. The predicted molar refractivity (Wildman–Crippen MR) is 84.3 cm³/mol. The molecule has 0 amide bonds. The molecule has 0 aromatic heterocycles. The lowest BCUT2D eigenvalue weighted by Crippen LogP contribution is -2.28. The van der Waals surface area contributed by atoms with Crippen molar-refractivity contribution in [3.63, 3.8) is 0 Å². The molecule has 0 spiro atoms. The number of hydrogen-bond donors (Lipinski definition) is 1. The minimum Gasteiger partial charge on any atom is -0.313 e. The molecule has 20 heavy (non-hydrogen) atoms. The second kappa shape index (κ2) is 6.56. The fraction of sp³-hybridized carbons (Fsp3) is 0.571. The Balaban J connectivity index is 2.41. The van der Waals surface area contributed by atoms with E-state index in [2.05, 4.69) is 21.2 Å². The molecule has 1 N–H and O–H groups in total. The van der Waals surface area contributed by atoms with E-state index in [1.54, 1.807) is 10.4 Å². The van der Waals surface area contributed by atoms with E-state index in [0.717, 1.165) is 30.5 Å². The molecule has 1 fully saturated rings. The molecule has 0 unspecified atom stereocenters. The summed E-state index contributed by atoms with van der Waals surface area (Å²) in [6.07, 6.45) is 1.90. The fourth-order valence-electron chi connectivity index (χ4n) is 2.44. The van der Waals surface area contributed by atoms with E-state index >= 15 is 0 Å². The molecule has 0 bridgehead atoms. The zero-order valence-corrected chi connectivity index (χ0v) is 14.3. The maximum absolute atomic E-state index is 12.7. The average Bonchev–Trinajstić information content (AvgIpc) is 2.94. The smallest absolute Gasteiger partial charge is 0.244 e. The Morgan fingerprint density at radius 1 is 1.30 bits per heavy atom. The van der Waals surface area contributed by atoms with Gasteiger partial charge >= 0.3 is 0 Å². The van der Waals surface area contributed by atoms with Gasteiger partial charge in [0.2, 0.25) is 10.0 Å². The van der Waals surface area contributed by atoms with E-state index in [-0.39, 0.29) is 0 Å². The molecule has 1 aromatic rings. The Hall–Kier alpha value is -0.430. The van der Waals surface area contributed by atoms with Crippen molar-refractivity contribution >= 4 is 26.0 Å². The van der Waals surface area contributed by atoms with Crippen molar-refractivity contribution in [3.8, 4) is 0 Å². The van der Waals surface area contributed by atoms with Gasteiger partial charge in [-0.15, -0.1) is 0 Å². The SMILES string of the molecule is CCNCc1cc(C)c(Br)c(S(=O)(=O)N2CCCC2)c1. The van der Waals surface area contributed by atoms with Crippen LogP contribution in [0.2, 0.25) is 0 Å². The minimum absolute atomic E-state index is 0.396. The van der Waals surface area contributed by atoms with Gasteiger partial charge in [-0.2, -0.15) is 4.31 Å². The summed E-state index contributed by atoms with van der Waals surface area (Å²) in [5.74, 6) is 0. The van der Waals surface area contributed by atoms with Crippen LogP contribution in [-0.4, -0.2) is 32.4 Å². The molecular weight excluding hydrogens is 340 g/mol. The molecule has 4 nitrogen and oxygen atoms in total. The Morgan fingerprint density at radius 2 is 1.95 bits per heavy atom. The zero-order valence-electron chi connectivity index (χ0n) is 11.9. The first-order valence-electron chi connectivity index (χ1n) is 6.96. The van der Waals surface area contributed by atoms with Crippen molar-refractivity contribution in [3.05, 3.63) is 27.7 Å². The van der Waals surface area contributed by atoms with Crippen LogP contribution in [0, 0.1) is 6.92 Å². The molecule has 1 aromatic carbocycles. The van der Waals surface area contributed by atoms with Crippen molar-refractivity contribution < 1.29 is 8.42 Å². The number of sulfonamides is 1. The lowest BCUT2D eigenvalue weighted by Gasteiger charge is -2.18. The van der Waals surface area contributed by atoms with Gasteiger partial charge < -0.3 is 5.32 Å². The van der Waals surface area contributed by atoms with Gasteiger partial charge in [-0.1, -0.05) is 13.0 Å². The molecule has 1 aliphatic heterocycles. The molecule has 0 atom stereocenters. The maximum atomic E-state index is 12.7. The molecular formula is C14H21BrN2O2S.